The second-order valence-electron chi connectivity index (χ2n) is 6.86. The Morgan fingerprint density at radius 1 is 0.929 bits per heavy atom. The smallest absolute Gasteiger partial charge is 0.258 e. The molecule has 1 aromatic heterocycles. The topological polar surface area (TPSA) is 76.1 Å². The fraction of sp³-hybridized carbons (Fsp3) is 0.227. The number of nitrogens with one attached hydrogen (secondary N) is 2. The molecule has 0 fully saturated rings. The zero-order valence-electron chi connectivity index (χ0n) is 16.5. The minimum Gasteiger partial charge on any atom is -0.491 e. The van der Waals surface area contributed by atoms with Crippen molar-refractivity contribution in [1.29, 1.82) is 0 Å². The third kappa shape index (κ3) is 5.07. The minimum absolute atomic E-state index is 0.105. The molecule has 1 amide bonds. The van der Waals surface area contributed by atoms with Crippen LogP contribution < -0.4 is 15.4 Å². The van der Waals surface area contributed by atoms with Crippen LogP contribution in [0.4, 0.5) is 17.3 Å². The standard InChI is InChI=1S/C22H24N4O2/c1-14(2)28-20-9-7-18(8-10-20)25-21(27)17-12-23-22(24-13-17)26-19-6-5-15(3)16(4)11-19/h5-14H,1-4H3,(H,25,27)(H,23,24,26). The van der Waals surface area contributed by atoms with Crippen molar-refractivity contribution in [2.75, 3.05) is 10.6 Å². The van der Waals surface area contributed by atoms with E-state index in [4.69, 9.17) is 4.74 Å². The number of rotatable bonds is 6. The van der Waals surface area contributed by atoms with Crippen LogP contribution in [0.25, 0.3) is 0 Å². The van der Waals surface area contributed by atoms with Crippen LogP contribution in [0.5, 0.6) is 5.75 Å². The molecule has 3 rings (SSSR count). The average Bonchev–Trinajstić information content (AvgIpc) is 2.66. The van der Waals surface area contributed by atoms with Crippen molar-refractivity contribution in [2.45, 2.75) is 33.8 Å². The molecule has 1 heterocycles. The Labute approximate surface area is 165 Å². The van der Waals surface area contributed by atoms with E-state index in [0.717, 1.165) is 11.4 Å². The monoisotopic (exact) mass is 376 g/mol. The Morgan fingerprint density at radius 2 is 1.57 bits per heavy atom. The molecule has 0 saturated heterocycles. The number of amides is 1. The van der Waals surface area contributed by atoms with Crippen molar-refractivity contribution in [2.24, 2.45) is 0 Å². The van der Waals surface area contributed by atoms with E-state index >= 15 is 0 Å². The molecule has 0 aliphatic rings. The normalized spacial score (nSPS) is 10.6. The van der Waals surface area contributed by atoms with Crippen LogP contribution in [-0.2, 0) is 0 Å². The summed E-state index contributed by atoms with van der Waals surface area (Å²) in [6, 6.07) is 13.3. The third-order valence-corrected chi connectivity index (χ3v) is 4.16. The van der Waals surface area contributed by atoms with Gasteiger partial charge < -0.3 is 15.4 Å². The first-order valence-electron chi connectivity index (χ1n) is 9.15. The van der Waals surface area contributed by atoms with Crippen molar-refractivity contribution < 1.29 is 9.53 Å². The number of ether oxygens (including phenoxy) is 1. The summed E-state index contributed by atoms with van der Waals surface area (Å²) in [6.45, 7) is 8.05. The molecule has 0 saturated carbocycles. The molecule has 2 N–H and O–H groups in total. The largest absolute Gasteiger partial charge is 0.491 e. The van der Waals surface area contributed by atoms with Gasteiger partial charge in [-0.25, -0.2) is 9.97 Å². The Bertz CT molecular complexity index is 951. The molecule has 0 spiro atoms. The summed E-state index contributed by atoms with van der Waals surface area (Å²) in [5, 5.41) is 5.97. The van der Waals surface area contributed by atoms with Gasteiger partial charge in [0.1, 0.15) is 5.75 Å². The molecule has 6 heteroatoms. The molecule has 0 aliphatic carbocycles. The van der Waals surface area contributed by atoms with Gasteiger partial charge in [-0.15, -0.1) is 0 Å². The summed E-state index contributed by atoms with van der Waals surface area (Å²) in [6.07, 6.45) is 3.11. The first kappa shape index (κ1) is 19.4. The van der Waals surface area contributed by atoms with Crippen LogP contribution in [0.1, 0.15) is 35.3 Å². The Kier molecular flexibility index (Phi) is 5.89. The summed E-state index contributed by atoms with van der Waals surface area (Å²) in [7, 11) is 0. The Morgan fingerprint density at radius 3 is 2.18 bits per heavy atom. The van der Waals surface area contributed by atoms with E-state index in [-0.39, 0.29) is 12.0 Å². The zero-order valence-corrected chi connectivity index (χ0v) is 16.5. The number of hydrogen-bond acceptors (Lipinski definition) is 5. The van der Waals surface area contributed by atoms with Gasteiger partial charge in [-0.2, -0.15) is 0 Å². The van der Waals surface area contributed by atoms with Crippen molar-refractivity contribution in [3.05, 3.63) is 71.5 Å². The highest BCUT2D eigenvalue weighted by Crippen LogP contribution is 2.19. The predicted molar refractivity (Wildman–Crippen MR) is 111 cm³/mol. The van der Waals surface area contributed by atoms with Crippen molar-refractivity contribution in [3.8, 4) is 5.75 Å². The van der Waals surface area contributed by atoms with Gasteiger partial charge in [0.25, 0.3) is 5.91 Å². The summed E-state index contributed by atoms with van der Waals surface area (Å²) >= 11 is 0. The van der Waals surface area contributed by atoms with Crippen LogP contribution >= 0.6 is 0 Å². The fourth-order valence-electron chi connectivity index (χ4n) is 2.55. The quantitative estimate of drug-likeness (QED) is 0.641. The molecule has 144 valence electrons. The lowest BCUT2D eigenvalue weighted by molar-refractivity contribution is 0.102. The number of hydrogen-bond donors (Lipinski definition) is 2. The maximum atomic E-state index is 12.4. The average molecular weight is 376 g/mol. The molecule has 6 nitrogen and oxygen atoms in total. The highest BCUT2D eigenvalue weighted by molar-refractivity contribution is 6.03. The van der Waals surface area contributed by atoms with E-state index in [0.29, 0.717) is 17.2 Å². The van der Waals surface area contributed by atoms with Gasteiger partial charge in [0, 0.05) is 23.8 Å². The molecular formula is C22H24N4O2. The summed E-state index contributed by atoms with van der Waals surface area (Å²) in [5.74, 6) is 0.934. The highest BCUT2D eigenvalue weighted by atomic mass is 16.5. The number of anilines is 3. The second kappa shape index (κ2) is 8.52. The predicted octanol–water partition coefficient (Wildman–Crippen LogP) is 4.88. The van der Waals surface area contributed by atoms with Crippen LogP contribution in [0.15, 0.2) is 54.9 Å². The zero-order chi connectivity index (χ0) is 20.1. The van der Waals surface area contributed by atoms with Gasteiger partial charge in [0.15, 0.2) is 0 Å². The number of carbonyl (C=O) groups is 1. The van der Waals surface area contributed by atoms with Gasteiger partial charge in [-0.05, 0) is 75.2 Å². The van der Waals surface area contributed by atoms with Gasteiger partial charge in [0.05, 0.1) is 11.7 Å². The Hall–Kier alpha value is -3.41. The van der Waals surface area contributed by atoms with E-state index in [1.165, 1.54) is 23.5 Å². The number of benzene rings is 2. The van der Waals surface area contributed by atoms with Gasteiger partial charge in [0.2, 0.25) is 5.95 Å². The molecule has 0 atom stereocenters. The van der Waals surface area contributed by atoms with Crippen LogP contribution in [0.3, 0.4) is 0 Å². The minimum atomic E-state index is -0.268. The van der Waals surface area contributed by atoms with Crippen molar-refractivity contribution in [3.63, 3.8) is 0 Å². The molecule has 0 bridgehead atoms. The molecule has 0 unspecified atom stereocenters. The number of nitrogens with zero attached hydrogens (tertiary/aromatic N) is 2. The highest BCUT2D eigenvalue weighted by Gasteiger charge is 2.09. The lowest BCUT2D eigenvalue weighted by Gasteiger charge is -2.11. The molecule has 0 aliphatic heterocycles. The van der Waals surface area contributed by atoms with E-state index in [1.54, 1.807) is 12.1 Å². The van der Waals surface area contributed by atoms with Gasteiger partial charge in [-0.1, -0.05) is 6.07 Å². The van der Waals surface area contributed by atoms with E-state index in [9.17, 15) is 4.79 Å². The number of aryl methyl sites for hydroxylation is 2. The Balaban J connectivity index is 1.62. The molecule has 3 aromatic rings. The maximum Gasteiger partial charge on any atom is 0.258 e. The number of carbonyl (C=O) groups excluding carboxylic acids is 1. The van der Waals surface area contributed by atoms with Gasteiger partial charge in [-0.3, -0.25) is 4.79 Å². The summed E-state index contributed by atoms with van der Waals surface area (Å²) in [4.78, 5) is 20.9. The summed E-state index contributed by atoms with van der Waals surface area (Å²) < 4.78 is 5.59. The second-order valence-corrected chi connectivity index (χ2v) is 6.86. The maximum absolute atomic E-state index is 12.4. The summed E-state index contributed by atoms with van der Waals surface area (Å²) in [5.41, 5.74) is 4.38. The third-order valence-electron chi connectivity index (χ3n) is 4.16. The lowest BCUT2D eigenvalue weighted by atomic mass is 10.1. The fourth-order valence-corrected chi connectivity index (χ4v) is 2.55. The van der Waals surface area contributed by atoms with E-state index in [2.05, 4.69) is 34.4 Å². The SMILES string of the molecule is Cc1ccc(Nc2ncc(C(=O)Nc3ccc(OC(C)C)cc3)cn2)cc1C. The van der Waals surface area contributed by atoms with Crippen LogP contribution in [0.2, 0.25) is 0 Å². The van der Waals surface area contributed by atoms with Crippen LogP contribution in [0, 0.1) is 13.8 Å². The molecule has 28 heavy (non-hydrogen) atoms. The molecular weight excluding hydrogens is 352 g/mol. The van der Waals surface area contributed by atoms with E-state index in [1.807, 2.05) is 44.2 Å². The number of aromatic nitrogens is 2. The molecule has 2 aromatic carbocycles. The van der Waals surface area contributed by atoms with E-state index < -0.39 is 0 Å². The first-order chi connectivity index (χ1) is 13.4. The van der Waals surface area contributed by atoms with Crippen molar-refractivity contribution in [1.82, 2.24) is 9.97 Å². The molecule has 0 radical (unpaired) electrons. The lowest BCUT2D eigenvalue weighted by Crippen LogP contribution is -2.13. The first-order valence-corrected chi connectivity index (χ1v) is 9.15. The van der Waals surface area contributed by atoms with Crippen molar-refractivity contribution >= 4 is 23.2 Å². The van der Waals surface area contributed by atoms with Crippen LogP contribution in [-0.4, -0.2) is 22.0 Å². The van der Waals surface area contributed by atoms with Gasteiger partial charge >= 0.3 is 0 Å².